The number of methoxy groups -OCH3 is 3. The Bertz CT molecular complexity index is 327. The summed E-state index contributed by atoms with van der Waals surface area (Å²) in [6.45, 7) is 4.37. The van der Waals surface area contributed by atoms with Crippen molar-refractivity contribution in [3.05, 3.63) is 0 Å². The van der Waals surface area contributed by atoms with Crippen LogP contribution in [0, 0.1) is 5.92 Å². The SMILES string of the molecule is CO[C@H]1O[C@H]2[C@@H](O[C@H](CC(C)C)C[C@@H]2Cl)[C@H](OC)[C@H]1OC. The Morgan fingerprint density at radius 3 is 2.19 bits per heavy atom. The van der Waals surface area contributed by atoms with Crippen LogP contribution in [0.4, 0.5) is 0 Å². The summed E-state index contributed by atoms with van der Waals surface area (Å²) in [5.74, 6) is 0.561. The monoisotopic (exact) mass is 322 g/mol. The van der Waals surface area contributed by atoms with E-state index in [0.29, 0.717) is 5.92 Å². The fourth-order valence-corrected chi connectivity index (χ4v) is 3.73. The van der Waals surface area contributed by atoms with Crippen LogP contribution >= 0.6 is 11.6 Å². The third kappa shape index (κ3) is 3.71. The largest absolute Gasteiger partial charge is 0.376 e. The zero-order valence-electron chi connectivity index (χ0n) is 13.5. The number of rotatable bonds is 5. The average molecular weight is 323 g/mol. The van der Waals surface area contributed by atoms with Crippen molar-refractivity contribution in [2.75, 3.05) is 21.3 Å². The van der Waals surface area contributed by atoms with Crippen LogP contribution in [0.2, 0.25) is 0 Å². The van der Waals surface area contributed by atoms with Gasteiger partial charge in [0.2, 0.25) is 0 Å². The molecule has 2 aliphatic rings. The Hall–Kier alpha value is 0.0900. The third-order valence-corrected chi connectivity index (χ3v) is 4.66. The lowest BCUT2D eigenvalue weighted by Crippen LogP contribution is -2.65. The standard InChI is InChI=1S/C15H27ClO5/c1-8(2)6-9-7-10(16)11-13(20-9)12(17-3)14(18-4)15(19-5)21-11/h8-15H,6-7H2,1-5H3/t9-,10+,11-,12+,13-,14-,15+/m1/s1. The predicted octanol–water partition coefficient (Wildman–Crippen LogP) is 2.20. The van der Waals surface area contributed by atoms with Gasteiger partial charge in [-0.25, -0.2) is 0 Å². The van der Waals surface area contributed by atoms with E-state index in [-0.39, 0.29) is 35.9 Å². The van der Waals surface area contributed by atoms with Crippen molar-refractivity contribution < 1.29 is 23.7 Å². The zero-order chi connectivity index (χ0) is 15.6. The zero-order valence-corrected chi connectivity index (χ0v) is 14.2. The summed E-state index contributed by atoms with van der Waals surface area (Å²) in [6.07, 6.45) is 0.347. The second-order valence-electron chi connectivity index (χ2n) is 6.21. The van der Waals surface area contributed by atoms with Gasteiger partial charge in [-0.15, -0.1) is 11.6 Å². The lowest BCUT2D eigenvalue weighted by molar-refractivity contribution is -0.321. The topological polar surface area (TPSA) is 46.2 Å². The minimum Gasteiger partial charge on any atom is -0.376 e. The molecule has 2 saturated heterocycles. The maximum absolute atomic E-state index is 6.55. The van der Waals surface area contributed by atoms with Gasteiger partial charge < -0.3 is 23.7 Å². The first kappa shape index (κ1) is 17.4. The molecule has 0 amide bonds. The quantitative estimate of drug-likeness (QED) is 0.726. The number of fused-ring (bicyclic) bond motifs is 1. The highest BCUT2D eigenvalue weighted by Gasteiger charge is 2.53. The Morgan fingerprint density at radius 2 is 1.67 bits per heavy atom. The van der Waals surface area contributed by atoms with Crippen molar-refractivity contribution >= 4 is 11.6 Å². The molecule has 0 saturated carbocycles. The van der Waals surface area contributed by atoms with E-state index in [1.54, 1.807) is 21.3 Å². The molecular weight excluding hydrogens is 296 g/mol. The van der Waals surface area contributed by atoms with Gasteiger partial charge in [0.25, 0.3) is 0 Å². The number of alkyl halides is 1. The van der Waals surface area contributed by atoms with Gasteiger partial charge in [0.15, 0.2) is 6.29 Å². The fourth-order valence-electron chi connectivity index (χ4n) is 3.33. The van der Waals surface area contributed by atoms with Crippen LogP contribution < -0.4 is 0 Å². The molecule has 2 heterocycles. The van der Waals surface area contributed by atoms with Crippen LogP contribution in [0.25, 0.3) is 0 Å². The molecule has 0 N–H and O–H groups in total. The Balaban J connectivity index is 2.16. The van der Waals surface area contributed by atoms with E-state index < -0.39 is 6.29 Å². The molecule has 21 heavy (non-hydrogen) atoms. The summed E-state index contributed by atoms with van der Waals surface area (Å²) >= 11 is 6.55. The predicted molar refractivity (Wildman–Crippen MR) is 79.6 cm³/mol. The average Bonchev–Trinajstić information content (AvgIpc) is 2.44. The van der Waals surface area contributed by atoms with Crippen molar-refractivity contribution in [1.29, 1.82) is 0 Å². The van der Waals surface area contributed by atoms with Crippen molar-refractivity contribution in [2.24, 2.45) is 5.92 Å². The summed E-state index contributed by atoms with van der Waals surface area (Å²) < 4.78 is 28.7. The van der Waals surface area contributed by atoms with Gasteiger partial charge in [-0.2, -0.15) is 0 Å². The lowest BCUT2D eigenvalue weighted by Gasteiger charge is -2.50. The highest BCUT2D eigenvalue weighted by atomic mass is 35.5. The van der Waals surface area contributed by atoms with Gasteiger partial charge in [-0.05, 0) is 18.8 Å². The van der Waals surface area contributed by atoms with Gasteiger partial charge in [0, 0.05) is 21.3 Å². The van der Waals surface area contributed by atoms with Gasteiger partial charge in [0.1, 0.15) is 24.4 Å². The van der Waals surface area contributed by atoms with Crippen LogP contribution in [0.15, 0.2) is 0 Å². The number of hydrogen-bond acceptors (Lipinski definition) is 5. The molecule has 0 aromatic rings. The molecule has 124 valence electrons. The third-order valence-electron chi connectivity index (χ3n) is 4.24. The molecule has 0 radical (unpaired) electrons. The molecule has 7 atom stereocenters. The summed E-state index contributed by atoms with van der Waals surface area (Å²) in [6, 6.07) is 0. The van der Waals surface area contributed by atoms with E-state index in [2.05, 4.69) is 13.8 Å². The minimum absolute atomic E-state index is 0.111. The Labute approximate surface area is 132 Å². The fraction of sp³-hybridized carbons (Fsp3) is 1.00. The Morgan fingerprint density at radius 1 is 1.00 bits per heavy atom. The van der Waals surface area contributed by atoms with Gasteiger partial charge >= 0.3 is 0 Å². The molecular formula is C15H27ClO5. The number of halogens is 1. The first-order valence-corrected chi connectivity index (χ1v) is 7.98. The van der Waals surface area contributed by atoms with Crippen LogP contribution in [0.1, 0.15) is 26.7 Å². The molecule has 2 rings (SSSR count). The Kier molecular flexibility index (Phi) is 6.29. The number of hydrogen-bond donors (Lipinski definition) is 0. The summed E-state index contributed by atoms with van der Waals surface area (Å²) in [7, 11) is 4.88. The van der Waals surface area contributed by atoms with Crippen molar-refractivity contribution in [3.8, 4) is 0 Å². The van der Waals surface area contributed by atoms with Crippen LogP contribution in [-0.2, 0) is 23.7 Å². The first-order chi connectivity index (χ1) is 10.0. The van der Waals surface area contributed by atoms with E-state index in [1.807, 2.05) is 0 Å². The highest BCUT2D eigenvalue weighted by molar-refractivity contribution is 6.21. The molecule has 2 fully saturated rings. The van der Waals surface area contributed by atoms with Crippen molar-refractivity contribution in [2.45, 2.75) is 68.9 Å². The highest BCUT2D eigenvalue weighted by Crippen LogP contribution is 2.38. The molecule has 0 spiro atoms. The number of ether oxygens (including phenoxy) is 5. The van der Waals surface area contributed by atoms with E-state index in [1.165, 1.54) is 0 Å². The van der Waals surface area contributed by atoms with Crippen LogP contribution in [0.3, 0.4) is 0 Å². The molecule has 0 aromatic heterocycles. The van der Waals surface area contributed by atoms with Gasteiger partial charge in [0.05, 0.1) is 11.5 Å². The summed E-state index contributed by atoms with van der Waals surface area (Å²) in [5, 5.41) is -0.111. The van der Waals surface area contributed by atoms with Crippen LogP contribution in [-0.4, -0.2) is 63.5 Å². The molecule has 5 nitrogen and oxygen atoms in total. The molecule has 0 unspecified atom stereocenters. The summed E-state index contributed by atoms with van der Waals surface area (Å²) in [4.78, 5) is 0. The van der Waals surface area contributed by atoms with Gasteiger partial charge in [-0.1, -0.05) is 13.8 Å². The molecule has 0 bridgehead atoms. The van der Waals surface area contributed by atoms with E-state index in [4.69, 9.17) is 35.3 Å². The van der Waals surface area contributed by atoms with Crippen LogP contribution in [0.5, 0.6) is 0 Å². The second kappa shape index (κ2) is 7.57. The smallest absolute Gasteiger partial charge is 0.186 e. The van der Waals surface area contributed by atoms with Gasteiger partial charge in [-0.3, -0.25) is 0 Å². The minimum atomic E-state index is -0.493. The first-order valence-electron chi connectivity index (χ1n) is 7.55. The maximum Gasteiger partial charge on any atom is 0.186 e. The molecule has 6 heteroatoms. The normalized spacial score (nSPS) is 43.9. The molecule has 0 aliphatic carbocycles. The van der Waals surface area contributed by atoms with E-state index >= 15 is 0 Å². The molecule has 0 aromatic carbocycles. The molecule has 2 aliphatic heterocycles. The van der Waals surface area contributed by atoms with E-state index in [0.717, 1.165) is 12.8 Å². The lowest BCUT2D eigenvalue weighted by atomic mass is 9.89. The van der Waals surface area contributed by atoms with E-state index in [9.17, 15) is 0 Å². The van der Waals surface area contributed by atoms with Crippen molar-refractivity contribution in [1.82, 2.24) is 0 Å². The van der Waals surface area contributed by atoms with Crippen molar-refractivity contribution in [3.63, 3.8) is 0 Å². The second-order valence-corrected chi connectivity index (χ2v) is 6.77. The maximum atomic E-state index is 6.55. The summed E-state index contributed by atoms with van der Waals surface area (Å²) in [5.41, 5.74) is 0.